The molecule has 0 saturated heterocycles. The molecular weight excluding hydrogens is 166 g/mol. The number of amides is 1. The molecule has 0 saturated carbocycles. The molecule has 0 spiro atoms. The van der Waals surface area contributed by atoms with E-state index in [2.05, 4.69) is 4.98 Å². The normalized spacial score (nSPS) is 10.1. The van der Waals surface area contributed by atoms with Gasteiger partial charge in [-0.2, -0.15) is 0 Å². The molecule has 0 bridgehead atoms. The monoisotopic (exact) mass is 181 g/mol. The highest BCUT2D eigenvalue weighted by molar-refractivity contribution is 5.90. The van der Waals surface area contributed by atoms with Gasteiger partial charge in [0.05, 0.1) is 0 Å². The van der Waals surface area contributed by atoms with Gasteiger partial charge >= 0.3 is 0 Å². The molecule has 1 heterocycles. The van der Waals surface area contributed by atoms with Crippen LogP contribution in [0.3, 0.4) is 0 Å². The van der Waals surface area contributed by atoms with Gasteiger partial charge < -0.3 is 9.47 Å². The molecule has 0 fully saturated rings. The zero-order chi connectivity index (χ0) is 9.84. The van der Waals surface area contributed by atoms with E-state index in [0.29, 0.717) is 5.82 Å². The molecule has 1 rings (SSSR count). The van der Waals surface area contributed by atoms with Gasteiger partial charge in [0.2, 0.25) is 0 Å². The predicted octanol–water partition coefficient (Wildman–Crippen LogP) is 0.902. The van der Waals surface area contributed by atoms with Crippen LogP contribution in [0.5, 0.6) is 0 Å². The second-order valence-corrected chi connectivity index (χ2v) is 2.84. The maximum atomic E-state index is 11.7. The Hall–Kier alpha value is -1.32. The lowest BCUT2D eigenvalue weighted by atomic mass is 10.4. The number of aryl methyl sites for hydroxylation is 1. The van der Waals surface area contributed by atoms with Crippen molar-refractivity contribution in [2.45, 2.75) is 13.8 Å². The molecule has 0 radical (unpaired) electrons. The van der Waals surface area contributed by atoms with Crippen LogP contribution in [0.1, 0.15) is 24.5 Å². The number of hydrogen-bond donors (Lipinski definition) is 0. The summed E-state index contributed by atoms with van der Waals surface area (Å²) in [5.74, 6) is 0.501. The Morgan fingerprint density at radius 1 is 1.54 bits per heavy atom. The molecule has 1 aromatic heterocycles. The van der Waals surface area contributed by atoms with Crippen LogP contribution in [0, 0.1) is 0 Å². The number of carbonyl (C=O) groups is 1. The van der Waals surface area contributed by atoms with Gasteiger partial charge in [0.15, 0.2) is 5.82 Å². The summed E-state index contributed by atoms with van der Waals surface area (Å²) in [5, 5.41) is 0. The second-order valence-electron chi connectivity index (χ2n) is 2.84. The van der Waals surface area contributed by atoms with Gasteiger partial charge in [-0.25, -0.2) is 4.98 Å². The van der Waals surface area contributed by atoms with Crippen molar-refractivity contribution in [1.29, 1.82) is 0 Å². The lowest BCUT2D eigenvalue weighted by Gasteiger charge is -2.17. The zero-order valence-electron chi connectivity index (χ0n) is 8.32. The second kappa shape index (κ2) is 4.07. The Kier molecular flexibility index (Phi) is 3.06. The van der Waals surface area contributed by atoms with Crippen molar-refractivity contribution in [3.05, 3.63) is 18.2 Å². The van der Waals surface area contributed by atoms with Crippen LogP contribution in [-0.2, 0) is 7.05 Å². The van der Waals surface area contributed by atoms with Gasteiger partial charge in [0.1, 0.15) is 0 Å². The van der Waals surface area contributed by atoms with Gasteiger partial charge in [0.25, 0.3) is 5.91 Å². The first kappa shape index (κ1) is 9.77. The molecule has 72 valence electrons. The lowest BCUT2D eigenvalue weighted by Crippen LogP contribution is -2.32. The third kappa shape index (κ3) is 1.88. The summed E-state index contributed by atoms with van der Waals surface area (Å²) >= 11 is 0. The van der Waals surface area contributed by atoms with Gasteiger partial charge in [-0.15, -0.1) is 0 Å². The topological polar surface area (TPSA) is 38.1 Å². The predicted molar refractivity (Wildman–Crippen MR) is 50.5 cm³/mol. The number of carbonyl (C=O) groups excluding carboxylic acids is 1. The highest BCUT2D eigenvalue weighted by atomic mass is 16.2. The minimum atomic E-state index is -0.00231. The van der Waals surface area contributed by atoms with Crippen LogP contribution >= 0.6 is 0 Å². The van der Waals surface area contributed by atoms with Crippen molar-refractivity contribution in [2.24, 2.45) is 7.05 Å². The number of hydrogen-bond acceptors (Lipinski definition) is 2. The third-order valence-electron chi connectivity index (χ3n) is 2.06. The minimum absolute atomic E-state index is 0.00231. The molecule has 0 unspecified atom stereocenters. The number of imidazole rings is 1. The molecule has 0 aromatic carbocycles. The zero-order valence-corrected chi connectivity index (χ0v) is 8.32. The average molecular weight is 181 g/mol. The summed E-state index contributed by atoms with van der Waals surface area (Å²) in [7, 11) is 1.82. The number of nitrogens with zero attached hydrogens (tertiary/aromatic N) is 3. The Labute approximate surface area is 78.2 Å². The van der Waals surface area contributed by atoms with Gasteiger partial charge in [-0.3, -0.25) is 4.79 Å². The Morgan fingerprint density at radius 2 is 2.15 bits per heavy atom. The van der Waals surface area contributed by atoms with Crippen LogP contribution in [0.4, 0.5) is 0 Å². The highest BCUT2D eigenvalue weighted by Crippen LogP contribution is 2.00. The molecule has 0 aliphatic carbocycles. The molecule has 0 aliphatic rings. The summed E-state index contributed by atoms with van der Waals surface area (Å²) < 4.78 is 1.74. The fourth-order valence-corrected chi connectivity index (χ4v) is 1.22. The van der Waals surface area contributed by atoms with Crippen molar-refractivity contribution in [3.63, 3.8) is 0 Å². The van der Waals surface area contributed by atoms with E-state index in [-0.39, 0.29) is 5.91 Å². The first-order chi connectivity index (χ1) is 6.20. The summed E-state index contributed by atoms with van der Waals surface area (Å²) in [5.41, 5.74) is 0. The molecule has 4 heteroatoms. The van der Waals surface area contributed by atoms with E-state index < -0.39 is 0 Å². The van der Waals surface area contributed by atoms with E-state index in [1.807, 2.05) is 20.9 Å². The third-order valence-corrected chi connectivity index (χ3v) is 2.06. The van der Waals surface area contributed by atoms with E-state index in [1.54, 1.807) is 21.9 Å². The maximum absolute atomic E-state index is 11.7. The quantitative estimate of drug-likeness (QED) is 0.695. The van der Waals surface area contributed by atoms with Crippen LogP contribution < -0.4 is 0 Å². The van der Waals surface area contributed by atoms with Crippen LogP contribution in [0.25, 0.3) is 0 Å². The highest BCUT2D eigenvalue weighted by Gasteiger charge is 2.15. The van der Waals surface area contributed by atoms with Crippen LogP contribution in [0.2, 0.25) is 0 Å². The fourth-order valence-electron chi connectivity index (χ4n) is 1.22. The average Bonchev–Trinajstić information content (AvgIpc) is 2.53. The SMILES string of the molecule is CCN(CC)C(=O)c1nccn1C. The van der Waals surface area contributed by atoms with Crippen LogP contribution in [-0.4, -0.2) is 33.4 Å². The Morgan fingerprint density at radius 3 is 2.54 bits per heavy atom. The van der Waals surface area contributed by atoms with Crippen molar-refractivity contribution < 1.29 is 4.79 Å². The molecule has 13 heavy (non-hydrogen) atoms. The van der Waals surface area contributed by atoms with Gasteiger partial charge in [-0.1, -0.05) is 0 Å². The first-order valence-electron chi connectivity index (χ1n) is 4.47. The molecule has 0 aliphatic heterocycles. The van der Waals surface area contributed by atoms with Crippen LogP contribution in [0.15, 0.2) is 12.4 Å². The van der Waals surface area contributed by atoms with Crippen molar-refractivity contribution in [2.75, 3.05) is 13.1 Å². The summed E-state index contributed by atoms with van der Waals surface area (Å²) in [6, 6.07) is 0. The molecule has 0 atom stereocenters. The largest absolute Gasteiger partial charge is 0.337 e. The Balaban J connectivity index is 2.84. The first-order valence-corrected chi connectivity index (χ1v) is 4.47. The standard InChI is InChI=1S/C9H15N3O/c1-4-12(5-2)9(13)8-10-6-7-11(8)3/h6-7H,4-5H2,1-3H3. The molecule has 1 aromatic rings. The molecule has 1 amide bonds. The van der Waals surface area contributed by atoms with E-state index in [9.17, 15) is 4.79 Å². The molecular formula is C9H15N3O. The lowest BCUT2D eigenvalue weighted by molar-refractivity contribution is 0.0757. The van der Waals surface area contributed by atoms with Crippen molar-refractivity contribution in [1.82, 2.24) is 14.5 Å². The van der Waals surface area contributed by atoms with E-state index in [0.717, 1.165) is 13.1 Å². The minimum Gasteiger partial charge on any atom is -0.337 e. The summed E-state index contributed by atoms with van der Waals surface area (Å²) in [6.07, 6.45) is 3.41. The van der Waals surface area contributed by atoms with E-state index >= 15 is 0 Å². The van der Waals surface area contributed by atoms with Crippen molar-refractivity contribution in [3.8, 4) is 0 Å². The van der Waals surface area contributed by atoms with Crippen molar-refractivity contribution >= 4 is 5.91 Å². The smallest absolute Gasteiger partial charge is 0.289 e. The maximum Gasteiger partial charge on any atom is 0.289 e. The van der Waals surface area contributed by atoms with E-state index in [1.165, 1.54) is 0 Å². The molecule has 0 N–H and O–H groups in total. The fraction of sp³-hybridized carbons (Fsp3) is 0.556. The van der Waals surface area contributed by atoms with E-state index in [4.69, 9.17) is 0 Å². The number of rotatable bonds is 3. The van der Waals surface area contributed by atoms with Gasteiger partial charge in [-0.05, 0) is 13.8 Å². The summed E-state index contributed by atoms with van der Waals surface area (Å²) in [4.78, 5) is 17.5. The van der Waals surface area contributed by atoms with Gasteiger partial charge in [0, 0.05) is 32.5 Å². The number of aromatic nitrogens is 2. The Bertz CT molecular complexity index is 289. The summed E-state index contributed by atoms with van der Waals surface area (Å²) in [6.45, 7) is 5.37. The molecule has 4 nitrogen and oxygen atoms in total.